The summed E-state index contributed by atoms with van der Waals surface area (Å²) in [6.07, 6.45) is 3.36. The van der Waals surface area contributed by atoms with Crippen LogP contribution in [0.25, 0.3) is 5.65 Å². The predicted molar refractivity (Wildman–Crippen MR) is 90.5 cm³/mol. The summed E-state index contributed by atoms with van der Waals surface area (Å²) in [5, 5.41) is 13.4. The number of anilines is 1. The normalized spacial score (nSPS) is 17.1. The highest BCUT2D eigenvalue weighted by Gasteiger charge is 2.29. The van der Waals surface area contributed by atoms with Crippen molar-refractivity contribution in [2.75, 3.05) is 18.6 Å². The number of hydrogen-bond acceptors (Lipinski definition) is 5. The minimum Gasteiger partial charge on any atom is -0.496 e. The first kappa shape index (κ1) is 13.8. The Morgan fingerprint density at radius 2 is 2.04 bits per heavy atom. The van der Waals surface area contributed by atoms with E-state index < -0.39 is 0 Å². The highest BCUT2D eigenvalue weighted by atomic mass is 16.5. The van der Waals surface area contributed by atoms with Gasteiger partial charge in [0.25, 0.3) is 0 Å². The van der Waals surface area contributed by atoms with Crippen molar-refractivity contribution < 1.29 is 4.74 Å². The molecule has 0 N–H and O–H groups in total. The zero-order chi connectivity index (χ0) is 16.1. The Morgan fingerprint density at radius 1 is 1.12 bits per heavy atom. The number of hydrogen-bond donors (Lipinski definition) is 0. The average Bonchev–Trinajstić information content (AvgIpc) is 3.39. The molecule has 0 bridgehead atoms. The van der Waals surface area contributed by atoms with Crippen LogP contribution in [0.3, 0.4) is 0 Å². The monoisotopic (exact) mass is 321 g/mol. The average molecular weight is 321 g/mol. The van der Waals surface area contributed by atoms with Gasteiger partial charge in [-0.2, -0.15) is 4.52 Å². The molecule has 2 aliphatic rings. The van der Waals surface area contributed by atoms with Gasteiger partial charge in [-0.05, 0) is 43.0 Å². The molecule has 5 rings (SSSR count). The third-order valence-electron chi connectivity index (χ3n) is 4.98. The first-order valence-corrected chi connectivity index (χ1v) is 8.45. The van der Waals surface area contributed by atoms with E-state index in [1.54, 1.807) is 7.11 Å². The molecular formula is C18H19N5O. The molecule has 1 aromatic carbocycles. The van der Waals surface area contributed by atoms with Crippen LogP contribution in [0.2, 0.25) is 0 Å². The molecule has 6 heteroatoms. The van der Waals surface area contributed by atoms with Gasteiger partial charge in [0, 0.05) is 24.6 Å². The van der Waals surface area contributed by atoms with E-state index in [1.807, 2.05) is 22.7 Å². The molecule has 1 fully saturated rings. The Bertz CT molecular complexity index is 915. The number of fused-ring (bicyclic) bond motifs is 2. The molecule has 0 amide bonds. The van der Waals surface area contributed by atoms with E-state index in [1.165, 1.54) is 24.0 Å². The second kappa shape index (κ2) is 5.19. The number of aromatic nitrogens is 4. The third kappa shape index (κ3) is 2.13. The molecule has 2 aromatic heterocycles. The van der Waals surface area contributed by atoms with Crippen molar-refractivity contribution in [2.45, 2.75) is 31.7 Å². The minimum absolute atomic E-state index is 0.536. The van der Waals surface area contributed by atoms with Crippen LogP contribution in [0.5, 0.6) is 5.75 Å². The van der Waals surface area contributed by atoms with E-state index >= 15 is 0 Å². The number of rotatable bonds is 3. The lowest BCUT2D eigenvalue weighted by Crippen LogP contribution is -2.31. The fourth-order valence-corrected chi connectivity index (χ4v) is 3.52. The number of ether oxygens (including phenoxy) is 1. The summed E-state index contributed by atoms with van der Waals surface area (Å²) >= 11 is 0. The zero-order valence-electron chi connectivity index (χ0n) is 13.6. The van der Waals surface area contributed by atoms with Gasteiger partial charge in [0.05, 0.1) is 7.11 Å². The summed E-state index contributed by atoms with van der Waals surface area (Å²) in [5.41, 5.74) is 3.47. The lowest BCUT2D eigenvalue weighted by molar-refractivity contribution is 0.407. The minimum atomic E-state index is 0.536. The summed E-state index contributed by atoms with van der Waals surface area (Å²) in [6, 6.07) is 10.3. The Labute approximate surface area is 140 Å². The molecule has 1 saturated carbocycles. The maximum Gasteiger partial charge on any atom is 0.178 e. The van der Waals surface area contributed by atoms with E-state index in [9.17, 15) is 0 Å². The Balaban J connectivity index is 1.50. The molecule has 1 aliphatic heterocycles. The topological polar surface area (TPSA) is 55.5 Å². The van der Waals surface area contributed by atoms with Gasteiger partial charge in [0.1, 0.15) is 11.6 Å². The molecule has 0 unspecified atom stereocenters. The van der Waals surface area contributed by atoms with Gasteiger partial charge in [0.2, 0.25) is 0 Å². The van der Waals surface area contributed by atoms with Crippen LogP contribution < -0.4 is 9.64 Å². The third-order valence-corrected chi connectivity index (χ3v) is 4.98. The molecule has 3 heterocycles. The molecule has 0 saturated heterocycles. The van der Waals surface area contributed by atoms with Gasteiger partial charge in [-0.1, -0.05) is 12.1 Å². The summed E-state index contributed by atoms with van der Waals surface area (Å²) in [4.78, 5) is 2.32. The van der Waals surface area contributed by atoms with Crippen molar-refractivity contribution in [3.05, 3.63) is 47.3 Å². The molecule has 0 spiro atoms. The number of methoxy groups -OCH3 is 1. The maximum atomic E-state index is 5.50. The van der Waals surface area contributed by atoms with Crippen LogP contribution in [0.4, 0.5) is 5.82 Å². The highest BCUT2D eigenvalue weighted by Crippen LogP contribution is 2.39. The molecule has 6 nitrogen and oxygen atoms in total. The van der Waals surface area contributed by atoms with E-state index in [4.69, 9.17) is 9.84 Å². The van der Waals surface area contributed by atoms with E-state index in [0.29, 0.717) is 5.92 Å². The van der Waals surface area contributed by atoms with Crippen molar-refractivity contribution in [3.63, 3.8) is 0 Å². The highest BCUT2D eigenvalue weighted by molar-refractivity contribution is 5.51. The molecule has 1 aliphatic carbocycles. The molecule has 0 radical (unpaired) electrons. The fourth-order valence-electron chi connectivity index (χ4n) is 3.52. The molecular weight excluding hydrogens is 302 g/mol. The fraction of sp³-hybridized carbons (Fsp3) is 0.389. The van der Waals surface area contributed by atoms with Gasteiger partial charge in [-0.3, -0.25) is 0 Å². The van der Waals surface area contributed by atoms with Crippen molar-refractivity contribution >= 4 is 11.5 Å². The Hall–Kier alpha value is -2.63. The zero-order valence-corrected chi connectivity index (χ0v) is 13.6. The van der Waals surface area contributed by atoms with Crippen LogP contribution in [-0.2, 0) is 13.0 Å². The first-order valence-electron chi connectivity index (χ1n) is 8.45. The van der Waals surface area contributed by atoms with E-state index in [2.05, 4.69) is 27.2 Å². The van der Waals surface area contributed by atoms with Crippen LogP contribution in [0.1, 0.15) is 35.7 Å². The molecule has 122 valence electrons. The Kier molecular flexibility index (Phi) is 2.98. The van der Waals surface area contributed by atoms with Crippen molar-refractivity contribution in [1.82, 2.24) is 19.8 Å². The summed E-state index contributed by atoms with van der Waals surface area (Å²) < 4.78 is 7.42. The van der Waals surface area contributed by atoms with Gasteiger partial charge in [-0.25, -0.2) is 0 Å². The van der Waals surface area contributed by atoms with Gasteiger partial charge in [-0.15, -0.1) is 15.3 Å². The van der Waals surface area contributed by atoms with E-state index in [0.717, 1.165) is 42.5 Å². The van der Waals surface area contributed by atoms with Crippen molar-refractivity contribution in [3.8, 4) is 5.75 Å². The molecule has 3 aromatic rings. The maximum absolute atomic E-state index is 5.50. The number of benzene rings is 1. The lowest BCUT2D eigenvalue weighted by Gasteiger charge is -2.30. The van der Waals surface area contributed by atoms with E-state index in [-0.39, 0.29) is 0 Å². The smallest absolute Gasteiger partial charge is 0.178 e. The van der Waals surface area contributed by atoms with Crippen LogP contribution >= 0.6 is 0 Å². The lowest BCUT2D eigenvalue weighted by atomic mass is 9.99. The van der Waals surface area contributed by atoms with Gasteiger partial charge < -0.3 is 9.64 Å². The number of nitrogens with zero attached hydrogens (tertiary/aromatic N) is 5. The summed E-state index contributed by atoms with van der Waals surface area (Å²) in [7, 11) is 1.74. The van der Waals surface area contributed by atoms with Gasteiger partial charge >= 0.3 is 0 Å². The largest absolute Gasteiger partial charge is 0.496 e. The predicted octanol–water partition coefficient (Wildman–Crippen LogP) is 2.57. The molecule has 24 heavy (non-hydrogen) atoms. The SMILES string of the molecule is COc1cccc2c1CCN(c1ccc3nnc(C4CC4)n3n1)C2. The van der Waals surface area contributed by atoms with Crippen LogP contribution in [0.15, 0.2) is 30.3 Å². The standard InChI is InChI=1S/C18H19N5O/c1-24-15-4-2-3-13-11-22(10-9-14(13)15)17-8-7-16-19-20-18(12-5-6-12)23(16)21-17/h2-4,7-8,12H,5-6,9-11H2,1H3. The molecule has 0 atom stereocenters. The summed E-state index contributed by atoms with van der Waals surface area (Å²) in [5.74, 6) is 3.52. The van der Waals surface area contributed by atoms with Crippen molar-refractivity contribution in [1.29, 1.82) is 0 Å². The summed E-state index contributed by atoms with van der Waals surface area (Å²) in [6.45, 7) is 1.79. The van der Waals surface area contributed by atoms with Gasteiger partial charge in [0.15, 0.2) is 11.5 Å². The van der Waals surface area contributed by atoms with Crippen LogP contribution in [0, 0.1) is 0 Å². The Morgan fingerprint density at radius 3 is 2.88 bits per heavy atom. The van der Waals surface area contributed by atoms with Crippen LogP contribution in [-0.4, -0.2) is 33.5 Å². The second-order valence-electron chi connectivity index (χ2n) is 6.56. The van der Waals surface area contributed by atoms with Crippen molar-refractivity contribution in [2.24, 2.45) is 0 Å². The quantitative estimate of drug-likeness (QED) is 0.742. The second-order valence-corrected chi connectivity index (χ2v) is 6.56. The first-order chi connectivity index (χ1) is 11.8.